The number of aliphatic hydroxyl groups is 1. The Morgan fingerprint density at radius 1 is 1.05 bits per heavy atom. The van der Waals surface area contributed by atoms with Crippen LogP contribution in [0.4, 0.5) is 0 Å². The van der Waals surface area contributed by atoms with E-state index in [1.54, 1.807) is 24.3 Å². The van der Waals surface area contributed by atoms with Gasteiger partial charge in [0.1, 0.15) is 10.4 Å². The Hall–Kier alpha value is -1.60. The standard InChI is InChI=1S/C13H8Cl2N2O3S/c14-9-4-6(11(15)21-9)10(18)5-1-2-7-8(3-5)17-13(20)12(19)16-7/h1-4,10,18H,(H,16,19)(H,17,20). The van der Waals surface area contributed by atoms with E-state index in [-0.39, 0.29) is 0 Å². The van der Waals surface area contributed by atoms with Crippen molar-refractivity contribution in [2.45, 2.75) is 6.10 Å². The summed E-state index contributed by atoms with van der Waals surface area (Å²) < 4.78 is 0.884. The molecule has 2 aromatic heterocycles. The van der Waals surface area contributed by atoms with Gasteiger partial charge in [-0.3, -0.25) is 9.59 Å². The van der Waals surface area contributed by atoms with Gasteiger partial charge in [0.25, 0.3) is 0 Å². The van der Waals surface area contributed by atoms with Gasteiger partial charge in [0.05, 0.1) is 15.4 Å². The van der Waals surface area contributed by atoms with Gasteiger partial charge >= 0.3 is 11.1 Å². The first-order valence-corrected chi connectivity index (χ1v) is 7.42. The molecule has 0 bridgehead atoms. The second kappa shape index (κ2) is 5.31. The molecule has 108 valence electrons. The van der Waals surface area contributed by atoms with Crippen molar-refractivity contribution < 1.29 is 5.11 Å². The summed E-state index contributed by atoms with van der Waals surface area (Å²) >= 11 is 13.1. The minimum Gasteiger partial charge on any atom is -0.384 e. The van der Waals surface area contributed by atoms with Gasteiger partial charge in [-0.25, -0.2) is 0 Å². The molecule has 0 spiro atoms. The van der Waals surface area contributed by atoms with Gasteiger partial charge in [-0.2, -0.15) is 0 Å². The van der Waals surface area contributed by atoms with Crippen LogP contribution in [0.3, 0.4) is 0 Å². The summed E-state index contributed by atoms with van der Waals surface area (Å²) in [6.45, 7) is 0. The maximum atomic E-state index is 11.3. The highest BCUT2D eigenvalue weighted by molar-refractivity contribution is 7.20. The Bertz CT molecular complexity index is 944. The molecule has 3 rings (SSSR count). The van der Waals surface area contributed by atoms with E-state index in [0.717, 1.165) is 0 Å². The van der Waals surface area contributed by atoms with E-state index >= 15 is 0 Å². The number of aromatic nitrogens is 2. The van der Waals surface area contributed by atoms with Crippen molar-refractivity contribution in [1.29, 1.82) is 0 Å². The van der Waals surface area contributed by atoms with Crippen LogP contribution >= 0.6 is 34.5 Å². The monoisotopic (exact) mass is 342 g/mol. The summed E-state index contributed by atoms with van der Waals surface area (Å²) in [5, 5.41) is 10.4. The summed E-state index contributed by atoms with van der Waals surface area (Å²) in [6, 6.07) is 6.43. The van der Waals surface area contributed by atoms with Crippen LogP contribution in [0.1, 0.15) is 17.2 Å². The fourth-order valence-corrected chi connectivity index (χ4v) is 3.54. The topological polar surface area (TPSA) is 85.9 Å². The molecule has 0 aliphatic heterocycles. The number of H-pyrrole nitrogens is 2. The maximum absolute atomic E-state index is 11.3. The molecule has 0 saturated carbocycles. The molecule has 1 unspecified atom stereocenters. The van der Waals surface area contributed by atoms with Crippen molar-refractivity contribution in [3.05, 3.63) is 64.8 Å². The highest BCUT2D eigenvalue weighted by Crippen LogP contribution is 2.37. The highest BCUT2D eigenvalue weighted by atomic mass is 35.5. The van der Waals surface area contributed by atoms with Crippen molar-refractivity contribution in [2.24, 2.45) is 0 Å². The quantitative estimate of drug-likeness (QED) is 0.626. The van der Waals surface area contributed by atoms with Gasteiger partial charge in [0.15, 0.2) is 0 Å². The molecule has 1 atom stereocenters. The normalized spacial score (nSPS) is 12.7. The number of fused-ring (bicyclic) bond motifs is 1. The molecule has 0 aliphatic carbocycles. The number of hydrogen-bond donors (Lipinski definition) is 3. The lowest BCUT2D eigenvalue weighted by Crippen LogP contribution is -2.28. The van der Waals surface area contributed by atoms with Crippen LogP contribution in [-0.2, 0) is 0 Å². The molecular weight excluding hydrogens is 335 g/mol. The maximum Gasteiger partial charge on any atom is 0.314 e. The van der Waals surface area contributed by atoms with E-state index in [9.17, 15) is 14.7 Å². The number of aliphatic hydroxyl groups excluding tert-OH is 1. The zero-order valence-corrected chi connectivity index (χ0v) is 12.6. The van der Waals surface area contributed by atoms with Crippen molar-refractivity contribution in [3.63, 3.8) is 0 Å². The van der Waals surface area contributed by atoms with Gasteiger partial charge in [-0.05, 0) is 23.8 Å². The molecule has 3 aromatic rings. The molecule has 0 saturated heterocycles. The van der Waals surface area contributed by atoms with Gasteiger partial charge in [0.2, 0.25) is 0 Å². The van der Waals surface area contributed by atoms with Crippen LogP contribution in [0, 0.1) is 0 Å². The number of nitrogens with one attached hydrogen (secondary N) is 2. The smallest absolute Gasteiger partial charge is 0.314 e. The van der Waals surface area contributed by atoms with Gasteiger partial charge < -0.3 is 15.1 Å². The zero-order valence-electron chi connectivity index (χ0n) is 10.3. The Kier molecular flexibility index (Phi) is 3.62. The summed E-state index contributed by atoms with van der Waals surface area (Å²) in [4.78, 5) is 27.5. The van der Waals surface area contributed by atoms with Crippen LogP contribution < -0.4 is 11.1 Å². The fraction of sp³-hybridized carbons (Fsp3) is 0.0769. The lowest BCUT2D eigenvalue weighted by atomic mass is 10.0. The first-order valence-electron chi connectivity index (χ1n) is 5.85. The minimum absolute atomic E-state index is 0.405. The molecule has 1 aromatic carbocycles. The second-order valence-corrected chi connectivity index (χ2v) is 6.68. The molecule has 2 heterocycles. The fourth-order valence-electron chi connectivity index (χ4n) is 2.02. The van der Waals surface area contributed by atoms with Crippen LogP contribution in [-0.4, -0.2) is 15.1 Å². The number of aromatic amines is 2. The zero-order chi connectivity index (χ0) is 15.1. The van der Waals surface area contributed by atoms with E-state index < -0.39 is 17.2 Å². The predicted octanol–water partition coefficient (Wildman–Crippen LogP) is 2.67. The highest BCUT2D eigenvalue weighted by Gasteiger charge is 2.17. The van der Waals surface area contributed by atoms with E-state index in [0.29, 0.717) is 30.8 Å². The van der Waals surface area contributed by atoms with Crippen molar-refractivity contribution in [2.75, 3.05) is 0 Å². The van der Waals surface area contributed by atoms with Crippen LogP contribution in [0.15, 0.2) is 33.9 Å². The Morgan fingerprint density at radius 3 is 2.33 bits per heavy atom. The molecule has 0 radical (unpaired) electrons. The Labute approximate surface area is 131 Å². The first-order chi connectivity index (χ1) is 9.95. The lowest BCUT2D eigenvalue weighted by molar-refractivity contribution is 0.221. The average Bonchev–Trinajstić information content (AvgIpc) is 2.78. The van der Waals surface area contributed by atoms with Crippen LogP contribution in [0.5, 0.6) is 0 Å². The van der Waals surface area contributed by atoms with Gasteiger partial charge in [-0.1, -0.05) is 29.3 Å². The number of benzene rings is 1. The summed E-state index contributed by atoms with van der Waals surface area (Å²) in [7, 11) is 0. The lowest BCUT2D eigenvalue weighted by Gasteiger charge is -2.11. The van der Waals surface area contributed by atoms with Gasteiger partial charge in [0, 0.05) is 5.56 Å². The van der Waals surface area contributed by atoms with Crippen molar-refractivity contribution in [3.8, 4) is 0 Å². The molecular formula is C13H8Cl2N2O3S. The van der Waals surface area contributed by atoms with Crippen LogP contribution in [0.2, 0.25) is 8.67 Å². The van der Waals surface area contributed by atoms with Gasteiger partial charge in [-0.15, -0.1) is 11.3 Å². The second-order valence-electron chi connectivity index (χ2n) is 4.40. The third-order valence-corrected chi connectivity index (χ3v) is 4.56. The third kappa shape index (κ3) is 2.63. The summed E-state index contributed by atoms with van der Waals surface area (Å²) in [5.41, 5.74) is 0.465. The summed E-state index contributed by atoms with van der Waals surface area (Å²) in [5.74, 6) is 0. The summed E-state index contributed by atoms with van der Waals surface area (Å²) in [6.07, 6.45) is -0.971. The van der Waals surface area contributed by atoms with Crippen molar-refractivity contribution >= 4 is 45.6 Å². The largest absolute Gasteiger partial charge is 0.384 e. The first kappa shape index (κ1) is 14.3. The number of halogens is 2. The predicted molar refractivity (Wildman–Crippen MR) is 83.6 cm³/mol. The molecule has 8 heteroatoms. The van der Waals surface area contributed by atoms with Crippen LogP contribution in [0.25, 0.3) is 11.0 Å². The average molecular weight is 343 g/mol. The number of thiophene rings is 1. The van der Waals surface area contributed by atoms with E-state index in [4.69, 9.17) is 23.2 Å². The van der Waals surface area contributed by atoms with E-state index in [1.165, 1.54) is 11.3 Å². The van der Waals surface area contributed by atoms with Crippen molar-refractivity contribution in [1.82, 2.24) is 9.97 Å². The molecule has 0 aliphatic rings. The number of hydrogen-bond acceptors (Lipinski definition) is 4. The molecule has 21 heavy (non-hydrogen) atoms. The molecule has 5 nitrogen and oxygen atoms in total. The Balaban J connectivity index is 2.12. The minimum atomic E-state index is -0.971. The molecule has 0 fully saturated rings. The van der Waals surface area contributed by atoms with E-state index in [1.807, 2.05) is 0 Å². The van der Waals surface area contributed by atoms with E-state index in [2.05, 4.69) is 9.97 Å². The number of rotatable bonds is 2. The Morgan fingerprint density at radius 2 is 1.71 bits per heavy atom. The third-order valence-electron chi connectivity index (χ3n) is 3.04. The molecule has 0 amide bonds. The SMILES string of the molecule is O=c1[nH]c2ccc(C(O)c3cc(Cl)sc3Cl)cc2[nH]c1=O. The molecule has 3 N–H and O–H groups in total.